The number of hydrogen-bond donors (Lipinski definition) is 3. The standard InChI is InChI=1S/C17H20N2OS/c20-13-11-15-6-8-16(9-7-15)19-17(21)18-12-10-14-4-2-1-3-5-14/h1-9,20H,10-13H2,(H2,18,19,21). The molecule has 0 saturated carbocycles. The van der Waals surface area contributed by atoms with E-state index in [-0.39, 0.29) is 6.61 Å². The summed E-state index contributed by atoms with van der Waals surface area (Å²) in [6.07, 6.45) is 1.62. The van der Waals surface area contributed by atoms with Gasteiger partial charge in [-0.2, -0.15) is 0 Å². The number of anilines is 1. The van der Waals surface area contributed by atoms with Gasteiger partial charge < -0.3 is 15.7 Å². The summed E-state index contributed by atoms with van der Waals surface area (Å²) in [7, 11) is 0. The van der Waals surface area contributed by atoms with E-state index in [9.17, 15) is 0 Å². The van der Waals surface area contributed by atoms with Crippen molar-refractivity contribution in [2.45, 2.75) is 12.8 Å². The van der Waals surface area contributed by atoms with Crippen LogP contribution in [0.25, 0.3) is 0 Å². The normalized spacial score (nSPS) is 10.1. The maximum atomic E-state index is 8.88. The minimum absolute atomic E-state index is 0.173. The van der Waals surface area contributed by atoms with Gasteiger partial charge in [-0.15, -0.1) is 0 Å². The zero-order chi connectivity index (χ0) is 14.9. The zero-order valence-corrected chi connectivity index (χ0v) is 12.7. The van der Waals surface area contributed by atoms with Crippen molar-refractivity contribution in [3.05, 3.63) is 65.7 Å². The first-order valence-electron chi connectivity index (χ1n) is 7.06. The molecule has 2 aromatic carbocycles. The number of aliphatic hydroxyl groups excluding tert-OH is 1. The number of benzene rings is 2. The molecule has 2 aromatic rings. The molecule has 0 bridgehead atoms. The molecule has 2 rings (SSSR count). The fourth-order valence-electron chi connectivity index (χ4n) is 2.02. The highest BCUT2D eigenvalue weighted by molar-refractivity contribution is 7.80. The molecule has 4 heteroatoms. The van der Waals surface area contributed by atoms with Gasteiger partial charge in [-0.05, 0) is 48.3 Å². The lowest BCUT2D eigenvalue weighted by Gasteiger charge is -2.11. The molecule has 0 unspecified atom stereocenters. The van der Waals surface area contributed by atoms with Gasteiger partial charge in [0, 0.05) is 18.8 Å². The molecule has 0 heterocycles. The zero-order valence-electron chi connectivity index (χ0n) is 11.9. The third-order valence-electron chi connectivity index (χ3n) is 3.15. The molecule has 110 valence electrons. The lowest BCUT2D eigenvalue weighted by Crippen LogP contribution is -2.30. The molecule has 0 atom stereocenters. The summed E-state index contributed by atoms with van der Waals surface area (Å²) in [4.78, 5) is 0. The van der Waals surface area contributed by atoms with Gasteiger partial charge in [0.1, 0.15) is 0 Å². The second kappa shape index (κ2) is 8.39. The molecule has 0 amide bonds. The van der Waals surface area contributed by atoms with E-state index in [2.05, 4.69) is 22.8 Å². The number of thiocarbonyl (C=S) groups is 1. The minimum Gasteiger partial charge on any atom is -0.396 e. The molecule has 0 spiro atoms. The monoisotopic (exact) mass is 300 g/mol. The Morgan fingerprint density at radius 3 is 2.24 bits per heavy atom. The number of aliphatic hydroxyl groups is 1. The van der Waals surface area contributed by atoms with Crippen molar-refractivity contribution in [1.82, 2.24) is 5.32 Å². The molecule has 0 radical (unpaired) electrons. The molecule has 0 aliphatic heterocycles. The Morgan fingerprint density at radius 2 is 1.57 bits per heavy atom. The third-order valence-corrected chi connectivity index (χ3v) is 3.40. The van der Waals surface area contributed by atoms with Crippen LogP contribution in [0.1, 0.15) is 11.1 Å². The van der Waals surface area contributed by atoms with Gasteiger partial charge in [-0.25, -0.2) is 0 Å². The van der Waals surface area contributed by atoms with Crippen molar-refractivity contribution in [3.63, 3.8) is 0 Å². The van der Waals surface area contributed by atoms with E-state index in [1.54, 1.807) is 0 Å². The van der Waals surface area contributed by atoms with Crippen molar-refractivity contribution in [1.29, 1.82) is 0 Å². The highest BCUT2D eigenvalue weighted by Crippen LogP contribution is 2.09. The Morgan fingerprint density at radius 1 is 0.905 bits per heavy atom. The van der Waals surface area contributed by atoms with E-state index in [1.165, 1.54) is 5.56 Å². The van der Waals surface area contributed by atoms with Crippen LogP contribution in [-0.2, 0) is 12.8 Å². The van der Waals surface area contributed by atoms with Crippen LogP contribution in [0.2, 0.25) is 0 Å². The number of rotatable bonds is 6. The summed E-state index contributed by atoms with van der Waals surface area (Å²) in [6, 6.07) is 18.2. The summed E-state index contributed by atoms with van der Waals surface area (Å²) in [5.74, 6) is 0. The van der Waals surface area contributed by atoms with Crippen molar-refractivity contribution >= 4 is 23.0 Å². The van der Waals surface area contributed by atoms with Crippen LogP contribution in [0.3, 0.4) is 0 Å². The van der Waals surface area contributed by atoms with Crippen molar-refractivity contribution in [2.24, 2.45) is 0 Å². The summed E-state index contributed by atoms with van der Waals surface area (Å²) in [5, 5.41) is 15.9. The topological polar surface area (TPSA) is 44.3 Å². The van der Waals surface area contributed by atoms with E-state index >= 15 is 0 Å². The van der Waals surface area contributed by atoms with Gasteiger partial charge in [0.25, 0.3) is 0 Å². The van der Waals surface area contributed by atoms with Crippen LogP contribution in [0.4, 0.5) is 5.69 Å². The first-order valence-corrected chi connectivity index (χ1v) is 7.47. The SMILES string of the molecule is OCCc1ccc(NC(=S)NCCc2ccccc2)cc1. The van der Waals surface area contributed by atoms with E-state index in [4.69, 9.17) is 17.3 Å². The molecular weight excluding hydrogens is 280 g/mol. The number of hydrogen-bond acceptors (Lipinski definition) is 2. The molecule has 3 N–H and O–H groups in total. The molecule has 21 heavy (non-hydrogen) atoms. The maximum absolute atomic E-state index is 8.88. The second-order valence-corrected chi connectivity index (χ2v) is 5.20. The lowest BCUT2D eigenvalue weighted by atomic mass is 10.1. The van der Waals surface area contributed by atoms with E-state index in [0.717, 1.165) is 24.2 Å². The maximum Gasteiger partial charge on any atom is 0.170 e. The van der Waals surface area contributed by atoms with Crippen LogP contribution in [0.15, 0.2) is 54.6 Å². The Labute approximate surface area is 131 Å². The van der Waals surface area contributed by atoms with Crippen molar-refractivity contribution < 1.29 is 5.11 Å². The molecular formula is C17H20N2OS. The predicted octanol–water partition coefficient (Wildman–Crippen LogP) is 2.75. The average Bonchev–Trinajstić information content (AvgIpc) is 2.51. The Balaban J connectivity index is 1.74. The fourth-order valence-corrected chi connectivity index (χ4v) is 2.24. The lowest BCUT2D eigenvalue weighted by molar-refractivity contribution is 0.299. The first kappa shape index (κ1) is 15.5. The molecule has 0 aliphatic rings. The predicted molar refractivity (Wildman–Crippen MR) is 91.6 cm³/mol. The summed E-state index contributed by atoms with van der Waals surface area (Å²) in [5.41, 5.74) is 3.36. The van der Waals surface area contributed by atoms with Crippen LogP contribution in [0.5, 0.6) is 0 Å². The van der Waals surface area contributed by atoms with Gasteiger partial charge in [0.05, 0.1) is 0 Å². The van der Waals surface area contributed by atoms with Crippen molar-refractivity contribution in [2.75, 3.05) is 18.5 Å². The third kappa shape index (κ3) is 5.53. The van der Waals surface area contributed by atoms with Crippen LogP contribution < -0.4 is 10.6 Å². The van der Waals surface area contributed by atoms with Gasteiger partial charge in [-0.3, -0.25) is 0 Å². The van der Waals surface area contributed by atoms with Gasteiger partial charge in [0.2, 0.25) is 0 Å². The highest BCUT2D eigenvalue weighted by Gasteiger charge is 1.98. The van der Waals surface area contributed by atoms with Crippen molar-refractivity contribution in [3.8, 4) is 0 Å². The average molecular weight is 300 g/mol. The Bertz CT molecular complexity index is 555. The molecule has 0 aliphatic carbocycles. The van der Waals surface area contributed by atoms with E-state index in [0.29, 0.717) is 11.5 Å². The summed E-state index contributed by atoms with van der Waals surface area (Å²) >= 11 is 5.27. The van der Waals surface area contributed by atoms with Crippen LogP contribution >= 0.6 is 12.2 Å². The summed E-state index contributed by atoms with van der Waals surface area (Å²) in [6.45, 7) is 0.977. The summed E-state index contributed by atoms with van der Waals surface area (Å²) < 4.78 is 0. The smallest absolute Gasteiger partial charge is 0.170 e. The van der Waals surface area contributed by atoms with Crippen LogP contribution in [-0.4, -0.2) is 23.4 Å². The largest absolute Gasteiger partial charge is 0.396 e. The van der Waals surface area contributed by atoms with Crippen LogP contribution in [0, 0.1) is 0 Å². The number of nitrogens with one attached hydrogen (secondary N) is 2. The molecule has 3 nitrogen and oxygen atoms in total. The fraction of sp³-hybridized carbons (Fsp3) is 0.235. The van der Waals surface area contributed by atoms with Gasteiger partial charge in [-0.1, -0.05) is 42.5 Å². The Kier molecular flexibility index (Phi) is 6.19. The molecule has 0 saturated heterocycles. The second-order valence-electron chi connectivity index (χ2n) is 4.79. The minimum atomic E-state index is 0.173. The van der Waals surface area contributed by atoms with E-state index < -0.39 is 0 Å². The molecule has 0 fully saturated rings. The van der Waals surface area contributed by atoms with E-state index in [1.807, 2.05) is 42.5 Å². The highest BCUT2D eigenvalue weighted by atomic mass is 32.1. The molecule has 0 aromatic heterocycles. The van der Waals surface area contributed by atoms with Gasteiger partial charge in [0.15, 0.2) is 5.11 Å². The van der Waals surface area contributed by atoms with Gasteiger partial charge >= 0.3 is 0 Å². The quantitative estimate of drug-likeness (QED) is 0.718. The first-order chi connectivity index (χ1) is 10.3. The Hall–Kier alpha value is -1.91.